The third-order valence-electron chi connectivity index (χ3n) is 4.06. The highest BCUT2D eigenvalue weighted by Gasteiger charge is 2.19. The Kier molecular flexibility index (Phi) is 9.99. The molecule has 7 nitrogen and oxygen atoms in total. The quantitative estimate of drug-likeness (QED) is 0.155. The van der Waals surface area contributed by atoms with Crippen LogP contribution in [0.3, 0.4) is 0 Å². The maximum atomic E-state index is 13.0. The number of rotatable bonds is 11. The van der Waals surface area contributed by atoms with Crippen LogP contribution >= 0.6 is 11.8 Å². The number of nitrogens with zero attached hydrogens (tertiary/aromatic N) is 3. The first-order valence-corrected chi connectivity index (χ1v) is 10.5. The summed E-state index contributed by atoms with van der Waals surface area (Å²) in [5.74, 6) is -1.81. The zero-order valence-electron chi connectivity index (χ0n) is 17.7. The Balaban J connectivity index is 2.19. The fraction of sp³-hybridized carbons (Fsp3) is 0.333. The van der Waals surface area contributed by atoms with Crippen LogP contribution in [0.5, 0.6) is 5.88 Å². The topological polar surface area (TPSA) is 82.9 Å². The van der Waals surface area contributed by atoms with Gasteiger partial charge in [-0.3, -0.25) is 0 Å². The van der Waals surface area contributed by atoms with Gasteiger partial charge in [-0.1, -0.05) is 48.1 Å². The number of aryl methyl sites for hydroxylation is 1. The second-order valence-corrected chi connectivity index (χ2v) is 7.22. The Morgan fingerprint density at radius 2 is 1.91 bits per heavy atom. The molecule has 0 saturated carbocycles. The average Bonchev–Trinajstić information content (AvgIpc) is 2.80. The maximum Gasteiger partial charge on any atom is 0.360 e. The molecule has 1 aromatic carbocycles. The van der Waals surface area contributed by atoms with Crippen LogP contribution in [0, 0.1) is 0 Å². The van der Waals surface area contributed by atoms with E-state index in [1.807, 2.05) is 6.92 Å². The average molecular weight is 469 g/mol. The van der Waals surface area contributed by atoms with Gasteiger partial charge in [0.05, 0.1) is 7.11 Å². The van der Waals surface area contributed by atoms with Gasteiger partial charge in [-0.05, 0) is 12.0 Å². The van der Waals surface area contributed by atoms with Crippen molar-refractivity contribution in [2.45, 2.75) is 31.5 Å². The number of carbonyl (C=O) groups excluding carboxylic acids is 1. The Bertz CT molecular complexity index is 998. The predicted molar refractivity (Wildman–Crippen MR) is 113 cm³/mol. The number of halogens is 3. The fourth-order valence-electron chi connectivity index (χ4n) is 2.51. The van der Waals surface area contributed by atoms with Gasteiger partial charge in [-0.2, -0.15) is 13.8 Å². The van der Waals surface area contributed by atoms with Gasteiger partial charge in [0.25, 0.3) is 0 Å². The predicted octanol–water partition coefficient (Wildman–Crippen LogP) is 4.70. The van der Waals surface area contributed by atoms with Crippen molar-refractivity contribution < 1.29 is 32.3 Å². The first-order chi connectivity index (χ1) is 15.4. The number of benzene rings is 1. The van der Waals surface area contributed by atoms with Gasteiger partial charge in [-0.15, -0.1) is 0 Å². The number of hydrogen-bond acceptors (Lipinski definition) is 8. The molecular formula is C21H22F3N3O4S. The number of methoxy groups -OCH3 is 1. The lowest BCUT2D eigenvalue weighted by molar-refractivity contribution is -0.132. The summed E-state index contributed by atoms with van der Waals surface area (Å²) in [6, 6.07) is 8.59. The number of allylic oxidation sites excluding steroid dienone is 1. The number of carbonyl (C=O) groups is 1. The number of thioether (sulfide) groups is 1. The largest absolute Gasteiger partial charge is 0.473 e. The summed E-state index contributed by atoms with van der Waals surface area (Å²) >= 11 is 1.05. The smallest absolute Gasteiger partial charge is 0.360 e. The SMILES string of the molecule is CCc1cc(OCc2ccccc2/C(=N\OC)C(=O)OC)nc(SCCC(F)=C(F)F)n1. The third-order valence-corrected chi connectivity index (χ3v) is 4.91. The van der Waals surface area contributed by atoms with Crippen molar-refractivity contribution in [3.05, 3.63) is 59.1 Å². The molecule has 0 aliphatic rings. The summed E-state index contributed by atoms with van der Waals surface area (Å²) < 4.78 is 48.0. The first-order valence-electron chi connectivity index (χ1n) is 9.50. The van der Waals surface area contributed by atoms with Crippen LogP contribution in [-0.4, -0.2) is 41.6 Å². The van der Waals surface area contributed by atoms with Crippen LogP contribution in [0.15, 0.2) is 52.6 Å². The number of esters is 1. The number of ether oxygens (including phenoxy) is 2. The molecule has 0 atom stereocenters. The first kappa shape index (κ1) is 25.2. The van der Waals surface area contributed by atoms with Gasteiger partial charge >= 0.3 is 12.0 Å². The molecule has 2 aromatic rings. The minimum Gasteiger partial charge on any atom is -0.473 e. The van der Waals surface area contributed by atoms with Crippen molar-refractivity contribution in [3.8, 4) is 5.88 Å². The fourth-order valence-corrected chi connectivity index (χ4v) is 3.31. The summed E-state index contributed by atoms with van der Waals surface area (Å²) in [7, 11) is 2.56. The summed E-state index contributed by atoms with van der Waals surface area (Å²) in [5.41, 5.74) is 1.76. The van der Waals surface area contributed by atoms with Crippen molar-refractivity contribution in [3.63, 3.8) is 0 Å². The lowest BCUT2D eigenvalue weighted by Gasteiger charge is -2.12. The summed E-state index contributed by atoms with van der Waals surface area (Å²) in [6.07, 6.45) is -2.16. The Morgan fingerprint density at radius 3 is 2.56 bits per heavy atom. The van der Waals surface area contributed by atoms with E-state index in [4.69, 9.17) is 14.3 Å². The molecule has 11 heteroatoms. The van der Waals surface area contributed by atoms with Crippen LogP contribution in [-0.2, 0) is 27.4 Å². The van der Waals surface area contributed by atoms with E-state index in [-0.39, 0.29) is 29.1 Å². The zero-order valence-corrected chi connectivity index (χ0v) is 18.5. The molecule has 0 N–H and O–H groups in total. The second-order valence-electron chi connectivity index (χ2n) is 6.16. The van der Waals surface area contributed by atoms with E-state index < -0.39 is 24.3 Å². The van der Waals surface area contributed by atoms with Gasteiger partial charge in [0.2, 0.25) is 5.88 Å². The highest BCUT2D eigenvalue weighted by molar-refractivity contribution is 7.99. The van der Waals surface area contributed by atoms with Crippen LogP contribution in [0.1, 0.15) is 30.2 Å². The Morgan fingerprint density at radius 1 is 1.16 bits per heavy atom. The molecule has 0 unspecified atom stereocenters. The van der Waals surface area contributed by atoms with Crippen LogP contribution in [0.4, 0.5) is 13.2 Å². The zero-order chi connectivity index (χ0) is 23.5. The molecule has 172 valence electrons. The van der Waals surface area contributed by atoms with Gasteiger partial charge in [0.1, 0.15) is 13.7 Å². The molecule has 0 bridgehead atoms. The molecule has 0 saturated heterocycles. The molecular weight excluding hydrogens is 447 g/mol. The molecule has 0 aliphatic heterocycles. The summed E-state index contributed by atoms with van der Waals surface area (Å²) in [5, 5.41) is 4.04. The number of oxime groups is 1. The molecule has 1 heterocycles. The van der Waals surface area contributed by atoms with Crippen molar-refractivity contribution >= 4 is 23.4 Å². The van der Waals surface area contributed by atoms with Gasteiger partial charge in [0, 0.05) is 29.5 Å². The van der Waals surface area contributed by atoms with E-state index in [0.717, 1.165) is 11.8 Å². The molecule has 0 radical (unpaired) electrons. The highest BCUT2D eigenvalue weighted by Crippen LogP contribution is 2.23. The van der Waals surface area contributed by atoms with Crippen molar-refractivity contribution in [1.29, 1.82) is 0 Å². The van der Waals surface area contributed by atoms with Crippen molar-refractivity contribution in [1.82, 2.24) is 9.97 Å². The lowest BCUT2D eigenvalue weighted by atomic mass is 10.0. The molecule has 2 rings (SSSR count). The summed E-state index contributed by atoms with van der Waals surface area (Å²) in [4.78, 5) is 25.4. The Hall–Kier alpha value is -3.08. The highest BCUT2D eigenvalue weighted by atomic mass is 32.2. The lowest BCUT2D eigenvalue weighted by Crippen LogP contribution is -2.20. The van der Waals surface area contributed by atoms with Crippen molar-refractivity contribution in [2.24, 2.45) is 5.16 Å². The second kappa shape index (κ2) is 12.7. The maximum absolute atomic E-state index is 13.0. The standard InChI is InChI=1S/C21H22F3N3O4S/c1-4-14-11-17(26-21(25-14)32-10-9-16(22)19(23)24)31-12-13-7-5-6-8-15(13)18(27-30-3)20(28)29-2/h5-8,11H,4,9-10,12H2,1-3H3/b27-18+. The molecule has 0 spiro atoms. The normalized spacial score (nSPS) is 11.1. The van der Waals surface area contributed by atoms with E-state index in [1.54, 1.807) is 30.3 Å². The van der Waals surface area contributed by atoms with Gasteiger partial charge < -0.3 is 14.3 Å². The monoisotopic (exact) mass is 469 g/mol. The van der Waals surface area contributed by atoms with Crippen molar-refractivity contribution in [2.75, 3.05) is 20.0 Å². The van der Waals surface area contributed by atoms with Gasteiger partial charge in [0.15, 0.2) is 16.7 Å². The third kappa shape index (κ3) is 7.26. The van der Waals surface area contributed by atoms with Crippen LogP contribution in [0.25, 0.3) is 0 Å². The number of aromatic nitrogens is 2. The molecule has 32 heavy (non-hydrogen) atoms. The summed E-state index contributed by atoms with van der Waals surface area (Å²) in [6.45, 7) is 1.94. The molecule has 1 aromatic heterocycles. The van der Waals surface area contributed by atoms with E-state index in [2.05, 4.69) is 15.1 Å². The van der Waals surface area contributed by atoms with Crippen LogP contribution in [0.2, 0.25) is 0 Å². The minimum atomic E-state index is -2.32. The van der Waals surface area contributed by atoms with Gasteiger partial charge in [-0.25, -0.2) is 14.2 Å². The minimum absolute atomic E-state index is 0.0162. The van der Waals surface area contributed by atoms with E-state index >= 15 is 0 Å². The van der Waals surface area contributed by atoms with E-state index in [1.165, 1.54) is 14.2 Å². The molecule has 0 fully saturated rings. The molecule has 0 amide bonds. The Labute approximate surface area is 187 Å². The number of hydrogen-bond donors (Lipinski definition) is 0. The van der Waals surface area contributed by atoms with E-state index in [9.17, 15) is 18.0 Å². The molecule has 0 aliphatic carbocycles. The van der Waals surface area contributed by atoms with E-state index in [0.29, 0.717) is 23.2 Å². The van der Waals surface area contributed by atoms with Crippen LogP contribution < -0.4 is 4.74 Å².